The van der Waals surface area contributed by atoms with Gasteiger partial charge in [-0.05, 0) is 0 Å². The zero-order valence-corrected chi connectivity index (χ0v) is 6.93. The normalized spacial score (nSPS) is 8.43. The van der Waals surface area contributed by atoms with Crippen molar-refractivity contribution in [2.75, 3.05) is 0 Å². The van der Waals surface area contributed by atoms with Gasteiger partial charge in [0, 0.05) is 21.1 Å². The first-order chi connectivity index (χ1) is 2.00. The molecule has 0 aliphatic rings. The molecule has 0 aromatic rings. The molecule has 0 radical (unpaired) electrons. The van der Waals surface area contributed by atoms with E-state index in [0.29, 0.717) is 0 Å². The van der Waals surface area contributed by atoms with Crippen LogP contribution in [0.2, 0.25) is 0 Å². The van der Waals surface area contributed by atoms with E-state index in [9.17, 15) is 0 Å². The Balaban J connectivity index is -0.0000000800. The summed E-state index contributed by atoms with van der Waals surface area (Å²) in [4.78, 5) is 21.6. The van der Waals surface area contributed by atoms with Crippen molar-refractivity contribution in [3.8, 4) is 0 Å². The first kappa shape index (κ1) is 15.7. The van der Waals surface area contributed by atoms with Crippen molar-refractivity contribution in [2.24, 2.45) is 0 Å². The fraction of sp³-hybridized carbons (Fsp3) is 0. The van der Waals surface area contributed by atoms with Crippen LogP contribution in [-0.2, 0) is 25.6 Å². The van der Waals surface area contributed by atoms with Gasteiger partial charge in [-0.25, -0.2) is 4.57 Å². The summed E-state index contributed by atoms with van der Waals surface area (Å²) in [5.74, 6) is 0. The summed E-state index contributed by atoms with van der Waals surface area (Å²) in [6, 6.07) is 0. The summed E-state index contributed by atoms with van der Waals surface area (Å²) in [6.07, 6.45) is 0. The average molecular weight is 300 g/mol. The molecule has 0 saturated heterocycles. The summed E-state index contributed by atoms with van der Waals surface area (Å²) in [6.45, 7) is 0. The van der Waals surface area contributed by atoms with Crippen LogP contribution in [0.3, 0.4) is 0 Å². The molecule has 0 rings (SSSR count). The third kappa shape index (κ3) is 266. The van der Waals surface area contributed by atoms with Gasteiger partial charge in [0.25, 0.3) is 0 Å². The van der Waals surface area contributed by atoms with E-state index in [2.05, 4.69) is 0 Å². The minimum Gasteiger partial charge on any atom is -0.412 e. The minimum atomic E-state index is -4.64. The van der Waals surface area contributed by atoms with Crippen molar-refractivity contribution in [1.82, 2.24) is 0 Å². The number of hydrogen-bond donors (Lipinski definition) is 3. The molecule has 7 heteroatoms. The van der Waals surface area contributed by atoms with Gasteiger partial charge >= 0.3 is 7.82 Å². The van der Waals surface area contributed by atoms with Gasteiger partial charge in [-0.3, -0.25) is 0 Å². The smallest absolute Gasteiger partial charge is 0.412 e. The third-order valence-electron chi connectivity index (χ3n) is 0. The molecule has 5 N–H and O–H groups in total. The molecule has 0 heterocycles. The van der Waals surface area contributed by atoms with Crippen molar-refractivity contribution in [2.45, 2.75) is 0 Å². The molecule has 0 aliphatic carbocycles. The topological polar surface area (TPSA) is 109 Å². The summed E-state index contributed by atoms with van der Waals surface area (Å²) in [5, 5.41) is 0. The predicted octanol–water partition coefficient (Wildman–Crippen LogP) is -1.76. The molecule has 0 bridgehead atoms. The van der Waals surface area contributed by atoms with Crippen LogP contribution in [-0.4, -0.2) is 20.2 Å². The second-order valence-corrected chi connectivity index (χ2v) is 1.54. The van der Waals surface area contributed by atoms with Gasteiger partial charge in [0.05, 0.1) is 0 Å². The van der Waals surface area contributed by atoms with Crippen LogP contribution >= 0.6 is 7.82 Å². The Morgan fingerprint density at radius 1 is 1.14 bits per heavy atom. The van der Waals surface area contributed by atoms with Crippen LogP contribution < -0.4 is 0 Å². The van der Waals surface area contributed by atoms with Gasteiger partial charge in [-0.15, -0.1) is 0 Å². The monoisotopic (exact) mass is 300 g/mol. The van der Waals surface area contributed by atoms with Crippen LogP contribution in [0.1, 0.15) is 0 Å². The van der Waals surface area contributed by atoms with E-state index >= 15 is 0 Å². The van der Waals surface area contributed by atoms with E-state index in [1.54, 1.807) is 0 Å². The fourth-order valence-corrected chi connectivity index (χ4v) is 0. The second kappa shape index (κ2) is 4.91. The Kier molecular flexibility index (Phi) is 11.0. The molecule has 0 amide bonds. The van der Waals surface area contributed by atoms with Crippen molar-refractivity contribution < 1.29 is 45.8 Å². The van der Waals surface area contributed by atoms with Crippen LogP contribution in [0, 0.1) is 0 Å². The minimum absolute atomic E-state index is 0. The van der Waals surface area contributed by atoms with Crippen LogP contribution in [0.5, 0.6) is 0 Å². The number of rotatable bonds is 0. The molecule has 46 valence electrons. The second-order valence-electron chi connectivity index (χ2n) is 0.513. The van der Waals surface area contributed by atoms with Crippen molar-refractivity contribution in [1.29, 1.82) is 0 Å². The standard InChI is InChI=1S/H3O4P.H2O.W/c1-5(2,3)4;;/h(H3,1,2,3,4);1H2;. The van der Waals surface area contributed by atoms with Gasteiger partial charge in [0.2, 0.25) is 0 Å². The zero-order valence-electron chi connectivity index (χ0n) is 3.11. The zero-order chi connectivity index (χ0) is 4.50. The van der Waals surface area contributed by atoms with Gasteiger partial charge < -0.3 is 20.2 Å². The maximum Gasteiger partial charge on any atom is 0.466 e. The average Bonchev–Trinajstić information content (AvgIpc) is 0.722. The molecule has 0 spiro atoms. The first-order valence-corrected chi connectivity index (χ1v) is 2.35. The maximum atomic E-state index is 8.88. The SMILES string of the molecule is O.O=P(O)(O)O.[W]. The first-order valence-electron chi connectivity index (χ1n) is 0.783. The predicted molar refractivity (Wildman–Crippen MR) is 17.9 cm³/mol. The van der Waals surface area contributed by atoms with Crippen LogP contribution in [0.25, 0.3) is 0 Å². The van der Waals surface area contributed by atoms with E-state index in [1.165, 1.54) is 0 Å². The van der Waals surface area contributed by atoms with E-state index in [-0.39, 0.29) is 26.5 Å². The molecule has 0 atom stereocenters. The molecular weight excluding hydrogens is 295 g/mol. The summed E-state index contributed by atoms with van der Waals surface area (Å²) < 4.78 is 8.88. The summed E-state index contributed by atoms with van der Waals surface area (Å²) >= 11 is 0. The van der Waals surface area contributed by atoms with E-state index in [4.69, 9.17) is 19.2 Å². The van der Waals surface area contributed by atoms with E-state index < -0.39 is 7.82 Å². The molecule has 0 aromatic carbocycles. The Hall–Kier alpha value is 0.758. The van der Waals surface area contributed by atoms with Crippen molar-refractivity contribution in [3.63, 3.8) is 0 Å². The summed E-state index contributed by atoms with van der Waals surface area (Å²) in [5.41, 5.74) is 0. The molecule has 0 aromatic heterocycles. The van der Waals surface area contributed by atoms with Gasteiger partial charge in [0.1, 0.15) is 0 Å². The molecular formula is H5O5PW. The van der Waals surface area contributed by atoms with E-state index in [1.807, 2.05) is 0 Å². The Morgan fingerprint density at radius 3 is 1.14 bits per heavy atom. The molecule has 0 unspecified atom stereocenters. The van der Waals surface area contributed by atoms with Crippen molar-refractivity contribution >= 4 is 7.82 Å². The van der Waals surface area contributed by atoms with Gasteiger partial charge in [-0.2, -0.15) is 0 Å². The number of hydrogen-bond acceptors (Lipinski definition) is 1. The Labute approximate surface area is 54.2 Å². The van der Waals surface area contributed by atoms with Gasteiger partial charge in [0.15, 0.2) is 0 Å². The third-order valence-corrected chi connectivity index (χ3v) is 0. The van der Waals surface area contributed by atoms with Crippen LogP contribution in [0.15, 0.2) is 0 Å². The van der Waals surface area contributed by atoms with Gasteiger partial charge in [-0.1, -0.05) is 0 Å². The van der Waals surface area contributed by atoms with Crippen LogP contribution in [0.4, 0.5) is 0 Å². The molecule has 0 aliphatic heterocycles. The number of phosphoric acid groups is 1. The van der Waals surface area contributed by atoms with E-state index in [0.717, 1.165) is 0 Å². The van der Waals surface area contributed by atoms with Crippen molar-refractivity contribution in [3.05, 3.63) is 0 Å². The molecule has 0 fully saturated rings. The maximum absolute atomic E-state index is 8.88. The largest absolute Gasteiger partial charge is 0.466 e. The molecule has 7 heavy (non-hydrogen) atoms. The Bertz CT molecular complexity index is 54.2. The summed E-state index contributed by atoms with van der Waals surface area (Å²) in [7, 11) is -4.64. The fourth-order valence-electron chi connectivity index (χ4n) is 0. The quantitative estimate of drug-likeness (QED) is 0.461. The molecule has 5 nitrogen and oxygen atoms in total. The Morgan fingerprint density at radius 2 is 1.14 bits per heavy atom. The molecule has 0 saturated carbocycles.